The van der Waals surface area contributed by atoms with Crippen molar-refractivity contribution in [3.8, 4) is 0 Å². The van der Waals surface area contributed by atoms with Crippen molar-refractivity contribution in [2.45, 2.75) is 11.8 Å². The minimum absolute atomic E-state index is 0.00619. The normalized spacial score (nSPS) is 12.8. The van der Waals surface area contributed by atoms with E-state index in [1.54, 1.807) is 6.92 Å². The summed E-state index contributed by atoms with van der Waals surface area (Å²) in [6.45, 7) is 1.58. The number of hydrogen-bond donors (Lipinski definition) is 0. The molecule has 0 amide bonds. The van der Waals surface area contributed by atoms with E-state index in [-0.39, 0.29) is 17.0 Å². The van der Waals surface area contributed by atoms with Gasteiger partial charge in [-0.15, -0.1) is 0 Å². The van der Waals surface area contributed by atoms with Crippen LogP contribution in [0.5, 0.6) is 0 Å². The van der Waals surface area contributed by atoms with Crippen molar-refractivity contribution in [3.63, 3.8) is 0 Å². The fourth-order valence-corrected chi connectivity index (χ4v) is 3.08. The first kappa shape index (κ1) is 18.1. The van der Waals surface area contributed by atoms with E-state index in [9.17, 15) is 18.0 Å². The molecular formula is C14H19NO6S. The number of carbonyl (C=O) groups is 2. The first-order chi connectivity index (χ1) is 10.2. The molecular weight excluding hydrogens is 310 g/mol. The maximum Gasteiger partial charge on any atom is 0.337 e. The van der Waals surface area contributed by atoms with E-state index in [0.717, 1.165) is 4.31 Å². The molecule has 0 fully saturated rings. The van der Waals surface area contributed by atoms with E-state index in [2.05, 4.69) is 9.47 Å². The van der Waals surface area contributed by atoms with Crippen LogP contribution in [-0.4, -0.2) is 52.5 Å². The Morgan fingerprint density at radius 3 is 2.14 bits per heavy atom. The molecule has 0 bridgehead atoms. The van der Waals surface area contributed by atoms with Gasteiger partial charge in [0.1, 0.15) is 0 Å². The van der Waals surface area contributed by atoms with Gasteiger partial charge in [0, 0.05) is 13.6 Å². The molecule has 7 nitrogen and oxygen atoms in total. The highest BCUT2D eigenvalue weighted by Gasteiger charge is 2.25. The molecule has 0 spiro atoms. The molecule has 0 saturated carbocycles. The van der Waals surface area contributed by atoms with E-state index in [1.807, 2.05) is 0 Å². The van der Waals surface area contributed by atoms with Crippen molar-refractivity contribution in [2.75, 3.05) is 27.8 Å². The van der Waals surface area contributed by atoms with Gasteiger partial charge in [0.2, 0.25) is 10.0 Å². The topological polar surface area (TPSA) is 90.0 Å². The van der Waals surface area contributed by atoms with Crippen molar-refractivity contribution in [2.24, 2.45) is 5.92 Å². The van der Waals surface area contributed by atoms with Crippen LogP contribution in [0.15, 0.2) is 29.2 Å². The monoisotopic (exact) mass is 329 g/mol. The number of esters is 2. The molecule has 8 heteroatoms. The zero-order valence-electron chi connectivity index (χ0n) is 12.9. The summed E-state index contributed by atoms with van der Waals surface area (Å²) >= 11 is 0. The summed E-state index contributed by atoms with van der Waals surface area (Å²) in [6.07, 6.45) is 0. The molecule has 0 aliphatic heterocycles. The van der Waals surface area contributed by atoms with Crippen LogP contribution in [0.1, 0.15) is 17.3 Å². The van der Waals surface area contributed by atoms with Crippen LogP contribution >= 0.6 is 0 Å². The van der Waals surface area contributed by atoms with Gasteiger partial charge in [-0.25, -0.2) is 17.5 Å². The highest BCUT2D eigenvalue weighted by molar-refractivity contribution is 7.89. The van der Waals surface area contributed by atoms with Gasteiger partial charge >= 0.3 is 11.9 Å². The summed E-state index contributed by atoms with van der Waals surface area (Å²) in [7, 11) is 0.120. The third kappa shape index (κ3) is 4.05. The Morgan fingerprint density at radius 1 is 1.14 bits per heavy atom. The molecule has 0 aliphatic carbocycles. The molecule has 1 atom stereocenters. The van der Waals surface area contributed by atoms with Crippen LogP contribution in [0.2, 0.25) is 0 Å². The van der Waals surface area contributed by atoms with Crippen LogP contribution in [-0.2, 0) is 24.3 Å². The summed E-state index contributed by atoms with van der Waals surface area (Å²) in [5.41, 5.74) is 0.257. The molecule has 0 radical (unpaired) electrons. The lowest BCUT2D eigenvalue weighted by molar-refractivity contribution is -0.144. The number of methoxy groups -OCH3 is 2. The molecule has 122 valence electrons. The highest BCUT2D eigenvalue weighted by Crippen LogP contribution is 2.17. The number of benzene rings is 1. The van der Waals surface area contributed by atoms with E-state index in [4.69, 9.17) is 0 Å². The SMILES string of the molecule is COC(=O)c1ccc(S(=O)(=O)N(C)C[C@H](C)C(=O)OC)cc1. The fourth-order valence-electron chi connectivity index (χ4n) is 1.82. The molecule has 0 heterocycles. The zero-order valence-corrected chi connectivity index (χ0v) is 13.7. The first-order valence-electron chi connectivity index (χ1n) is 6.46. The molecule has 1 aromatic carbocycles. The van der Waals surface area contributed by atoms with Gasteiger partial charge in [0.05, 0.1) is 30.6 Å². The lowest BCUT2D eigenvalue weighted by Gasteiger charge is -2.20. The van der Waals surface area contributed by atoms with Crippen LogP contribution < -0.4 is 0 Å². The number of hydrogen-bond acceptors (Lipinski definition) is 6. The number of nitrogens with zero attached hydrogens (tertiary/aromatic N) is 1. The lowest BCUT2D eigenvalue weighted by Crippen LogP contribution is -2.34. The third-order valence-electron chi connectivity index (χ3n) is 3.12. The van der Waals surface area contributed by atoms with Gasteiger partial charge in [-0.1, -0.05) is 6.92 Å². The predicted molar refractivity (Wildman–Crippen MR) is 78.8 cm³/mol. The Labute approximate surface area is 129 Å². The second kappa shape index (κ2) is 7.37. The molecule has 0 aromatic heterocycles. The predicted octanol–water partition coefficient (Wildman–Crippen LogP) is 0.903. The minimum Gasteiger partial charge on any atom is -0.469 e. The Morgan fingerprint density at radius 2 is 1.68 bits per heavy atom. The van der Waals surface area contributed by atoms with Gasteiger partial charge in [0.25, 0.3) is 0 Å². The molecule has 0 aliphatic rings. The minimum atomic E-state index is -3.75. The van der Waals surface area contributed by atoms with Crippen LogP contribution in [0, 0.1) is 5.92 Å². The van der Waals surface area contributed by atoms with Crippen molar-refractivity contribution in [1.29, 1.82) is 0 Å². The van der Waals surface area contributed by atoms with E-state index in [0.29, 0.717) is 0 Å². The summed E-state index contributed by atoms with van der Waals surface area (Å²) in [5.74, 6) is -1.61. The Balaban J connectivity index is 2.94. The smallest absolute Gasteiger partial charge is 0.337 e. The fraction of sp³-hybridized carbons (Fsp3) is 0.429. The summed E-state index contributed by atoms with van der Waals surface area (Å²) < 4.78 is 35.0. The molecule has 0 unspecified atom stereocenters. The maximum atomic E-state index is 12.4. The van der Waals surface area contributed by atoms with Crippen molar-refractivity contribution < 1.29 is 27.5 Å². The standard InChI is InChI=1S/C14H19NO6S/c1-10(13(16)20-3)9-15(2)22(18,19)12-7-5-11(6-8-12)14(17)21-4/h5-8,10H,9H2,1-4H3/t10-/m0/s1. The molecule has 22 heavy (non-hydrogen) atoms. The van der Waals surface area contributed by atoms with E-state index in [1.165, 1.54) is 45.5 Å². The van der Waals surface area contributed by atoms with Gasteiger partial charge < -0.3 is 9.47 Å². The molecule has 1 rings (SSSR count). The average molecular weight is 329 g/mol. The van der Waals surface area contributed by atoms with Gasteiger partial charge in [-0.05, 0) is 24.3 Å². The Bertz CT molecular complexity index is 638. The number of sulfonamides is 1. The summed E-state index contributed by atoms with van der Waals surface area (Å²) in [5, 5.41) is 0. The second-order valence-corrected chi connectivity index (χ2v) is 6.77. The highest BCUT2D eigenvalue weighted by atomic mass is 32.2. The number of rotatable bonds is 6. The zero-order chi connectivity index (χ0) is 16.9. The summed E-state index contributed by atoms with van der Waals surface area (Å²) in [4.78, 5) is 22.7. The van der Waals surface area contributed by atoms with Crippen LogP contribution in [0.25, 0.3) is 0 Å². The maximum absolute atomic E-state index is 12.4. The molecule has 0 saturated heterocycles. The van der Waals surface area contributed by atoms with Gasteiger partial charge in [0.15, 0.2) is 0 Å². The first-order valence-corrected chi connectivity index (χ1v) is 7.90. The van der Waals surface area contributed by atoms with E-state index >= 15 is 0 Å². The third-order valence-corrected chi connectivity index (χ3v) is 4.96. The lowest BCUT2D eigenvalue weighted by atomic mass is 10.2. The summed E-state index contributed by atoms with van der Waals surface area (Å²) in [6, 6.07) is 5.38. The van der Waals surface area contributed by atoms with Crippen LogP contribution in [0.4, 0.5) is 0 Å². The largest absolute Gasteiger partial charge is 0.469 e. The average Bonchev–Trinajstić information content (AvgIpc) is 2.53. The van der Waals surface area contributed by atoms with Gasteiger partial charge in [-0.3, -0.25) is 4.79 Å². The van der Waals surface area contributed by atoms with Crippen LogP contribution in [0.3, 0.4) is 0 Å². The van der Waals surface area contributed by atoms with E-state index < -0.39 is 27.9 Å². The Kier molecular flexibility index (Phi) is 6.07. The number of carbonyl (C=O) groups excluding carboxylic acids is 2. The van der Waals surface area contributed by atoms with Gasteiger partial charge in [-0.2, -0.15) is 0 Å². The molecule has 0 N–H and O–H groups in total. The number of ether oxygens (including phenoxy) is 2. The second-order valence-electron chi connectivity index (χ2n) is 4.73. The van der Waals surface area contributed by atoms with Crippen molar-refractivity contribution >= 4 is 22.0 Å². The molecule has 1 aromatic rings. The van der Waals surface area contributed by atoms with Crippen molar-refractivity contribution in [1.82, 2.24) is 4.31 Å². The van der Waals surface area contributed by atoms with Crippen molar-refractivity contribution in [3.05, 3.63) is 29.8 Å². The Hall–Kier alpha value is -1.93. The quantitative estimate of drug-likeness (QED) is 0.720.